The second kappa shape index (κ2) is 6.75. The SMILES string of the molecule is COCCOCCn1cc(CCl)nn1. The minimum Gasteiger partial charge on any atom is -0.382 e. The third-order valence-corrected chi connectivity index (χ3v) is 1.89. The van der Waals surface area contributed by atoms with Crippen molar-refractivity contribution in [2.75, 3.05) is 26.9 Å². The molecule has 80 valence electrons. The number of methoxy groups -OCH3 is 1. The zero-order valence-corrected chi connectivity index (χ0v) is 8.90. The number of rotatable bonds is 7. The van der Waals surface area contributed by atoms with Gasteiger partial charge in [-0.3, -0.25) is 0 Å². The second-order valence-electron chi connectivity index (χ2n) is 2.71. The topological polar surface area (TPSA) is 49.2 Å². The van der Waals surface area contributed by atoms with Crippen LogP contribution in [0.4, 0.5) is 0 Å². The molecule has 0 unspecified atom stereocenters. The lowest BCUT2D eigenvalue weighted by molar-refractivity contribution is 0.0652. The van der Waals surface area contributed by atoms with Gasteiger partial charge < -0.3 is 9.47 Å². The van der Waals surface area contributed by atoms with Gasteiger partial charge in [0, 0.05) is 13.3 Å². The fourth-order valence-electron chi connectivity index (χ4n) is 0.911. The molecule has 1 heterocycles. The van der Waals surface area contributed by atoms with Crippen LogP contribution in [0.3, 0.4) is 0 Å². The third-order valence-electron chi connectivity index (χ3n) is 1.62. The number of alkyl halides is 1. The minimum absolute atomic E-state index is 0.393. The number of aromatic nitrogens is 3. The van der Waals surface area contributed by atoms with Crippen LogP contribution in [0.1, 0.15) is 5.69 Å². The molecule has 0 spiro atoms. The van der Waals surface area contributed by atoms with Gasteiger partial charge in [0.2, 0.25) is 0 Å². The Morgan fingerprint density at radius 2 is 2.29 bits per heavy atom. The van der Waals surface area contributed by atoms with E-state index in [1.54, 1.807) is 11.8 Å². The summed E-state index contributed by atoms with van der Waals surface area (Å²) in [5, 5.41) is 7.73. The van der Waals surface area contributed by atoms with Gasteiger partial charge in [-0.1, -0.05) is 5.21 Å². The van der Waals surface area contributed by atoms with Gasteiger partial charge in [-0.25, -0.2) is 4.68 Å². The lowest BCUT2D eigenvalue weighted by Crippen LogP contribution is -2.09. The predicted octanol–water partition coefficient (Wildman–Crippen LogP) is 0.680. The van der Waals surface area contributed by atoms with Crippen LogP contribution in [-0.2, 0) is 21.9 Å². The Morgan fingerprint density at radius 3 is 2.93 bits per heavy atom. The van der Waals surface area contributed by atoms with Crippen molar-refractivity contribution in [3.8, 4) is 0 Å². The molecule has 14 heavy (non-hydrogen) atoms. The highest BCUT2D eigenvalue weighted by molar-refractivity contribution is 6.16. The van der Waals surface area contributed by atoms with Crippen LogP contribution < -0.4 is 0 Å². The highest BCUT2D eigenvalue weighted by atomic mass is 35.5. The van der Waals surface area contributed by atoms with Crippen molar-refractivity contribution < 1.29 is 9.47 Å². The highest BCUT2D eigenvalue weighted by Crippen LogP contribution is 1.96. The first-order valence-electron chi connectivity index (χ1n) is 4.38. The van der Waals surface area contributed by atoms with E-state index in [2.05, 4.69) is 10.3 Å². The van der Waals surface area contributed by atoms with Crippen LogP contribution in [0.15, 0.2) is 6.20 Å². The third kappa shape index (κ3) is 4.04. The van der Waals surface area contributed by atoms with E-state index in [4.69, 9.17) is 21.1 Å². The van der Waals surface area contributed by atoms with E-state index in [0.29, 0.717) is 32.2 Å². The van der Waals surface area contributed by atoms with Crippen molar-refractivity contribution in [1.82, 2.24) is 15.0 Å². The summed E-state index contributed by atoms with van der Waals surface area (Å²) in [4.78, 5) is 0. The van der Waals surface area contributed by atoms with Crippen LogP contribution in [0.25, 0.3) is 0 Å². The lowest BCUT2D eigenvalue weighted by atomic mass is 10.5. The predicted molar refractivity (Wildman–Crippen MR) is 52.3 cm³/mol. The van der Waals surface area contributed by atoms with Gasteiger partial charge in [-0.05, 0) is 0 Å². The average molecular weight is 220 g/mol. The van der Waals surface area contributed by atoms with Crippen molar-refractivity contribution in [3.05, 3.63) is 11.9 Å². The van der Waals surface area contributed by atoms with Gasteiger partial charge in [0.05, 0.1) is 37.9 Å². The van der Waals surface area contributed by atoms with Gasteiger partial charge in [0.1, 0.15) is 0 Å². The molecular weight excluding hydrogens is 206 g/mol. The largest absolute Gasteiger partial charge is 0.382 e. The molecule has 1 aromatic rings. The van der Waals surface area contributed by atoms with Crippen molar-refractivity contribution in [3.63, 3.8) is 0 Å². The highest BCUT2D eigenvalue weighted by Gasteiger charge is 1.98. The van der Waals surface area contributed by atoms with E-state index in [1.807, 2.05) is 6.20 Å². The molecule has 6 heteroatoms. The maximum absolute atomic E-state index is 5.58. The maximum atomic E-state index is 5.58. The first-order valence-corrected chi connectivity index (χ1v) is 4.92. The van der Waals surface area contributed by atoms with Crippen LogP contribution in [0, 0.1) is 0 Å². The molecular formula is C8H14ClN3O2. The summed E-state index contributed by atoms with van der Waals surface area (Å²) in [6, 6.07) is 0. The number of halogens is 1. The Balaban J connectivity index is 2.12. The minimum atomic E-state index is 0.393. The number of hydrogen-bond acceptors (Lipinski definition) is 4. The summed E-state index contributed by atoms with van der Waals surface area (Å²) in [6.07, 6.45) is 1.81. The van der Waals surface area contributed by atoms with E-state index in [0.717, 1.165) is 5.69 Å². The zero-order chi connectivity index (χ0) is 10.2. The molecule has 0 aromatic carbocycles. The summed E-state index contributed by atoms with van der Waals surface area (Å²) < 4.78 is 11.8. The number of nitrogens with zero attached hydrogens (tertiary/aromatic N) is 3. The van der Waals surface area contributed by atoms with Gasteiger partial charge in [0.25, 0.3) is 0 Å². The number of hydrogen-bond donors (Lipinski definition) is 0. The molecule has 0 aliphatic carbocycles. The van der Waals surface area contributed by atoms with E-state index in [1.165, 1.54) is 0 Å². The van der Waals surface area contributed by atoms with Crippen molar-refractivity contribution in [2.45, 2.75) is 12.4 Å². The summed E-state index contributed by atoms with van der Waals surface area (Å²) >= 11 is 5.58. The lowest BCUT2D eigenvalue weighted by Gasteiger charge is -2.02. The molecule has 0 fully saturated rings. The van der Waals surface area contributed by atoms with E-state index in [-0.39, 0.29) is 0 Å². The second-order valence-corrected chi connectivity index (χ2v) is 2.98. The molecule has 5 nitrogen and oxygen atoms in total. The van der Waals surface area contributed by atoms with Crippen LogP contribution in [0.2, 0.25) is 0 Å². The molecule has 0 amide bonds. The van der Waals surface area contributed by atoms with Crippen LogP contribution in [-0.4, -0.2) is 41.9 Å². The molecule has 0 saturated heterocycles. The molecule has 0 N–H and O–H groups in total. The molecule has 1 rings (SSSR count). The van der Waals surface area contributed by atoms with Gasteiger partial charge in [-0.15, -0.1) is 16.7 Å². The van der Waals surface area contributed by atoms with E-state index >= 15 is 0 Å². The quantitative estimate of drug-likeness (QED) is 0.500. The van der Waals surface area contributed by atoms with Crippen molar-refractivity contribution >= 4 is 11.6 Å². The van der Waals surface area contributed by atoms with Crippen molar-refractivity contribution in [2.24, 2.45) is 0 Å². The number of ether oxygens (including phenoxy) is 2. The monoisotopic (exact) mass is 219 g/mol. The van der Waals surface area contributed by atoms with Crippen LogP contribution in [0.5, 0.6) is 0 Å². The maximum Gasteiger partial charge on any atom is 0.0974 e. The normalized spacial score (nSPS) is 10.7. The van der Waals surface area contributed by atoms with Gasteiger partial charge >= 0.3 is 0 Å². The van der Waals surface area contributed by atoms with Crippen molar-refractivity contribution in [1.29, 1.82) is 0 Å². The summed E-state index contributed by atoms with van der Waals surface area (Å²) in [5.74, 6) is 0.393. The molecule has 0 radical (unpaired) electrons. The molecule has 0 aliphatic heterocycles. The fourth-order valence-corrected chi connectivity index (χ4v) is 1.03. The van der Waals surface area contributed by atoms with Crippen LogP contribution >= 0.6 is 11.6 Å². The smallest absolute Gasteiger partial charge is 0.0974 e. The molecule has 0 atom stereocenters. The summed E-state index contributed by atoms with van der Waals surface area (Å²) in [6.45, 7) is 2.51. The van der Waals surface area contributed by atoms with E-state index in [9.17, 15) is 0 Å². The van der Waals surface area contributed by atoms with Gasteiger partial charge in [0.15, 0.2) is 0 Å². The Kier molecular flexibility index (Phi) is 5.51. The molecule has 0 bridgehead atoms. The van der Waals surface area contributed by atoms with Gasteiger partial charge in [-0.2, -0.15) is 0 Å². The molecule has 1 aromatic heterocycles. The average Bonchev–Trinajstić information content (AvgIpc) is 2.65. The Bertz CT molecular complexity index is 254. The first kappa shape index (κ1) is 11.4. The Labute approximate surface area is 87.9 Å². The molecule has 0 aliphatic rings. The summed E-state index contributed by atoms with van der Waals surface area (Å²) in [5.41, 5.74) is 0.781. The van der Waals surface area contributed by atoms with E-state index < -0.39 is 0 Å². The fraction of sp³-hybridized carbons (Fsp3) is 0.750. The Morgan fingerprint density at radius 1 is 1.43 bits per heavy atom. The summed E-state index contributed by atoms with van der Waals surface area (Å²) in [7, 11) is 1.65. The standard InChI is InChI=1S/C8H14ClN3O2/c1-13-4-5-14-3-2-12-7-8(6-9)10-11-12/h7H,2-6H2,1H3. The zero-order valence-electron chi connectivity index (χ0n) is 8.15. The first-order chi connectivity index (χ1) is 6.86. The molecule has 0 saturated carbocycles. The Hall–Kier alpha value is -0.650.